The lowest BCUT2D eigenvalue weighted by Crippen LogP contribution is -2.45. The Bertz CT molecular complexity index is 1150. The Morgan fingerprint density at radius 3 is 2.19 bits per heavy atom. The Kier molecular flexibility index (Phi) is 7.37. The van der Waals surface area contributed by atoms with Gasteiger partial charge < -0.3 is 14.8 Å². The lowest BCUT2D eigenvalue weighted by atomic mass is 10.2. The summed E-state index contributed by atoms with van der Waals surface area (Å²) in [6.45, 7) is 3.90. The Morgan fingerprint density at radius 2 is 1.56 bits per heavy atom. The van der Waals surface area contributed by atoms with Crippen molar-refractivity contribution >= 4 is 27.3 Å². The number of carbonyl (C=O) groups is 1. The van der Waals surface area contributed by atoms with Crippen LogP contribution in [0.5, 0.6) is 17.2 Å². The van der Waals surface area contributed by atoms with Crippen molar-refractivity contribution in [2.24, 2.45) is 0 Å². The van der Waals surface area contributed by atoms with Crippen LogP contribution in [0.4, 0.5) is 11.4 Å². The van der Waals surface area contributed by atoms with E-state index in [2.05, 4.69) is 5.32 Å². The van der Waals surface area contributed by atoms with E-state index in [0.29, 0.717) is 35.2 Å². The van der Waals surface area contributed by atoms with Crippen LogP contribution in [0.3, 0.4) is 0 Å². The van der Waals surface area contributed by atoms with Crippen molar-refractivity contribution in [3.05, 3.63) is 78.9 Å². The van der Waals surface area contributed by atoms with Gasteiger partial charge in [0.1, 0.15) is 17.5 Å². The lowest BCUT2D eigenvalue weighted by molar-refractivity contribution is -0.116. The maximum atomic E-state index is 13.1. The van der Waals surface area contributed by atoms with Gasteiger partial charge in [-0.05, 0) is 62.4 Å². The SMILES string of the molecule is CCOc1ccc(N([C@H](C)C(=O)Nc2ccccc2Oc2ccccc2)S(C)(=O)=O)cc1. The summed E-state index contributed by atoms with van der Waals surface area (Å²) in [4.78, 5) is 13.1. The molecule has 1 atom stereocenters. The summed E-state index contributed by atoms with van der Waals surface area (Å²) < 4.78 is 37.5. The number of amides is 1. The average molecular weight is 455 g/mol. The molecular weight excluding hydrogens is 428 g/mol. The van der Waals surface area contributed by atoms with Gasteiger partial charge in [-0.1, -0.05) is 30.3 Å². The molecule has 0 heterocycles. The molecule has 168 valence electrons. The van der Waals surface area contributed by atoms with Crippen LogP contribution in [0.15, 0.2) is 78.9 Å². The molecule has 0 aromatic heterocycles. The third kappa shape index (κ3) is 5.79. The number of carbonyl (C=O) groups excluding carboxylic acids is 1. The molecule has 0 saturated carbocycles. The number of rotatable bonds is 9. The summed E-state index contributed by atoms with van der Waals surface area (Å²) in [5.74, 6) is 1.20. The molecule has 0 aliphatic carbocycles. The Hall–Kier alpha value is -3.52. The number of para-hydroxylation sites is 3. The van der Waals surface area contributed by atoms with Gasteiger partial charge in [-0.15, -0.1) is 0 Å². The smallest absolute Gasteiger partial charge is 0.248 e. The maximum Gasteiger partial charge on any atom is 0.248 e. The van der Waals surface area contributed by atoms with Crippen molar-refractivity contribution in [3.8, 4) is 17.2 Å². The van der Waals surface area contributed by atoms with Crippen molar-refractivity contribution in [1.82, 2.24) is 0 Å². The van der Waals surface area contributed by atoms with Crippen molar-refractivity contribution in [1.29, 1.82) is 0 Å². The predicted octanol–water partition coefficient (Wildman–Crippen LogP) is 4.67. The summed E-state index contributed by atoms with van der Waals surface area (Å²) in [6.07, 6.45) is 1.07. The monoisotopic (exact) mass is 454 g/mol. The van der Waals surface area contributed by atoms with Gasteiger partial charge >= 0.3 is 0 Å². The van der Waals surface area contributed by atoms with Crippen molar-refractivity contribution in [2.45, 2.75) is 19.9 Å². The fourth-order valence-corrected chi connectivity index (χ4v) is 4.35. The van der Waals surface area contributed by atoms with Crippen LogP contribution in [0, 0.1) is 0 Å². The molecule has 0 saturated heterocycles. The molecule has 0 aliphatic rings. The van der Waals surface area contributed by atoms with Gasteiger partial charge in [0.25, 0.3) is 0 Å². The summed E-state index contributed by atoms with van der Waals surface area (Å²) in [6, 6.07) is 21.7. The number of anilines is 2. The molecule has 0 fully saturated rings. The van der Waals surface area contributed by atoms with E-state index in [1.807, 2.05) is 25.1 Å². The minimum absolute atomic E-state index is 0.368. The van der Waals surface area contributed by atoms with E-state index in [1.54, 1.807) is 60.7 Å². The molecule has 8 heteroatoms. The Morgan fingerprint density at radius 1 is 0.938 bits per heavy atom. The molecule has 32 heavy (non-hydrogen) atoms. The molecular formula is C24H26N2O5S. The van der Waals surface area contributed by atoms with Crippen LogP contribution in [0.1, 0.15) is 13.8 Å². The molecule has 1 amide bonds. The first-order valence-corrected chi connectivity index (χ1v) is 12.0. The zero-order valence-electron chi connectivity index (χ0n) is 18.2. The largest absolute Gasteiger partial charge is 0.494 e. The van der Waals surface area contributed by atoms with Crippen LogP contribution < -0.4 is 19.1 Å². The number of benzene rings is 3. The van der Waals surface area contributed by atoms with Gasteiger partial charge in [0.2, 0.25) is 15.9 Å². The average Bonchev–Trinajstić information content (AvgIpc) is 2.76. The van der Waals surface area contributed by atoms with Gasteiger partial charge in [-0.2, -0.15) is 0 Å². The summed E-state index contributed by atoms with van der Waals surface area (Å²) in [7, 11) is -3.74. The topological polar surface area (TPSA) is 84.9 Å². The standard InChI is InChI=1S/C24H26N2O5S/c1-4-30-20-16-14-19(15-17-20)26(32(3,28)29)18(2)24(27)25-22-12-8-9-13-23(22)31-21-10-6-5-7-11-21/h5-18H,4H2,1-3H3,(H,25,27)/t18-/m1/s1. The number of ether oxygens (including phenoxy) is 2. The molecule has 0 unspecified atom stereocenters. The lowest BCUT2D eigenvalue weighted by Gasteiger charge is -2.28. The van der Waals surface area contributed by atoms with Gasteiger partial charge in [0, 0.05) is 0 Å². The van der Waals surface area contributed by atoms with Crippen LogP contribution in [-0.4, -0.2) is 33.2 Å². The number of hydrogen-bond donors (Lipinski definition) is 1. The van der Waals surface area contributed by atoms with Crippen LogP contribution >= 0.6 is 0 Å². The van der Waals surface area contributed by atoms with Crippen molar-refractivity contribution < 1.29 is 22.7 Å². The third-order valence-electron chi connectivity index (χ3n) is 4.61. The minimum Gasteiger partial charge on any atom is -0.494 e. The fourth-order valence-electron chi connectivity index (χ4n) is 3.18. The highest BCUT2D eigenvalue weighted by molar-refractivity contribution is 7.92. The highest BCUT2D eigenvalue weighted by Gasteiger charge is 2.29. The van der Waals surface area contributed by atoms with Gasteiger partial charge in [-0.25, -0.2) is 8.42 Å². The highest BCUT2D eigenvalue weighted by Crippen LogP contribution is 2.30. The number of sulfonamides is 1. The predicted molar refractivity (Wildman–Crippen MR) is 126 cm³/mol. The van der Waals surface area contributed by atoms with E-state index in [9.17, 15) is 13.2 Å². The summed E-state index contributed by atoms with van der Waals surface area (Å²) in [5, 5.41) is 2.79. The molecule has 0 spiro atoms. The molecule has 0 radical (unpaired) electrons. The van der Waals surface area contributed by atoms with E-state index in [-0.39, 0.29) is 0 Å². The molecule has 0 aliphatic heterocycles. The molecule has 3 aromatic carbocycles. The van der Waals surface area contributed by atoms with Crippen LogP contribution in [0.2, 0.25) is 0 Å². The fraction of sp³-hybridized carbons (Fsp3) is 0.208. The van der Waals surface area contributed by atoms with Crippen molar-refractivity contribution in [2.75, 3.05) is 22.5 Å². The zero-order valence-corrected chi connectivity index (χ0v) is 19.0. The van der Waals surface area contributed by atoms with Gasteiger partial charge in [-0.3, -0.25) is 9.10 Å². The molecule has 3 aromatic rings. The van der Waals surface area contributed by atoms with Crippen LogP contribution in [0.25, 0.3) is 0 Å². The van der Waals surface area contributed by atoms with Crippen LogP contribution in [-0.2, 0) is 14.8 Å². The van der Waals surface area contributed by atoms with E-state index < -0.39 is 22.0 Å². The van der Waals surface area contributed by atoms with E-state index in [0.717, 1.165) is 10.6 Å². The summed E-state index contributed by atoms with van der Waals surface area (Å²) in [5.41, 5.74) is 0.806. The first kappa shape index (κ1) is 23.1. The number of nitrogens with zero attached hydrogens (tertiary/aromatic N) is 1. The van der Waals surface area contributed by atoms with Gasteiger partial charge in [0.15, 0.2) is 5.75 Å². The zero-order chi connectivity index (χ0) is 23.1. The van der Waals surface area contributed by atoms with Gasteiger partial charge in [0.05, 0.1) is 24.2 Å². The highest BCUT2D eigenvalue weighted by atomic mass is 32.2. The number of hydrogen-bond acceptors (Lipinski definition) is 5. The second kappa shape index (κ2) is 10.2. The second-order valence-corrected chi connectivity index (χ2v) is 8.92. The first-order valence-electron chi connectivity index (χ1n) is 10.1. The maximum absolute atomic E-state index is 13.1. The summed E-state index contributed by atoms with van der Waals surface area (Å²) >= 11 is 0. The van der Waals surface area contributed by atoms with E-state index >= 15 is 0 Å². The second-order valence-electron chi connectivity index (χ2n) is 7.06. The normalized spacial score (nSPS) is 12.0. The van der Waals surface area contributed by atoms with E-state index in [1.165, 1.54) is 6.92 Å². The minimum atomic E-state index is -3.74. The number of nitrogens with one attached hydrogen (secondary N) is 1. The van der Waals surface area contributed by atoms with Crippen molar-refractivity contribution in [3.63, 3.8) is 0 Å². The quantitative estimate of drug-likeness (QED) is 0.508. The molecule has 0 bridgehead atoms. The van der Waals surface area contributed by atoms with E-state index in [4.69, 9.17) is 9.47 Å². The first-order chi connectivity index (χ1) is 15.3. The molecule has 3 rings (SSSR count). The Balaban J connectivity index is 1.83. The molecule has 1 N–H and O–H groups in total. The Labute approximate surface area is 188 Å². The molecule has 7 nitrogen and oxygen atoms in total. The third-order valence-corrected chi connectivity index (χ3v) is 5.85.